The molecule has 1 aliphatic heterocycles. The van der Waals surface area contributed by atoms with Crippen molar-refractivity contribution < 1.29 is 9.21 Å². The van der Waals surface area contributed by atoms with Crippen LogP contribution in [0.1, 0.15) is 33.3 Å². The first kappa shape index (κ1) is 15.5. The molecule has 0 radical (unpaired) electrons. The zero-order valence-corrected chi connectivity index (χ0v) is 13.8. The third-order valence-corrected chi connectivity index (χ3v) is 4.36. The average Bonchev–Trinajstić information content (AvgIpc) is 3.09. The van der Waals surface area contributed by atoms with Crippen LogP contribution in [-0.2, 0) is 25.8 Å². The number of carbonyl (C=O) groups is 1. The van der Waals surface area contributed by atoms with Gasteiger partial charge < -0.3 is 9.32 Å². The molecule has 0 aliphatic carbocycles. The van der Waals surface area contributed by atoms with Gasteiger partial charge in [-0.1, -0.05) is 30.3 Å². The van der Waals surface area contributed by atoms with Gasteiger partial charge in [-0.15, -0.1) is 0 Å². The van der Waals surface area contributed by atoms with Crippen LogP contribution in [0.5, 0.6) is 0 Å². The zero-order valence-electron chi connectivity index (χ0n) is 13.8. The maximum absolute atomic E-state index is 12.5. The van der Waals surface area contributed by atoms with Gasteiger partial charge in [0.15, 0.2) is 5.89 Å². The Morgan fingerprint density at radius 1 is 1.12 bits per heavy atom. The Kier molecular flexibility index (Phi) is 4.24. The first-order valence-corrected chi connectivity index (χ1v) is 8.37. The van der Waals surface area contributed by atoms with Crippen LogP contribution in [-0.4, -0.2) is 32.5 Å². The smallest absolute Gasteiger partial charge is 0.255 e. The topological polar surface area (TPSA) is 72.1 Å². The highest BCUT2D eigenvalue weighted by atomic mass is 16.4. The summed E-state index contributed by atoms with van der Waals surface area (Å²) >= 11 is 0. The standard InChI is InChI=1S/C19H18N4O2/c24-19(15-8-10-20-21-12-15)23-11-9-17-16(13-23)22-18(25-17)7-6-14-4-2-1-3-5-14/h1-5,8,10,12H,6-7,9,11,13H2. The molecule has 0 atom stereocenters. The van der Waals surface area contributed by atoms with Crippen LogP contribution in [0.4, 0.5) is 0 Å². The molecule has 3 aromatic rings. The van der Waals surface area contributed by atoms with Crippen LogP contribution < -0.4 is 0 Å². The fourth-order valence-corrected chi connectivity index (χ4v) is 3.03. The number of fused-ring (bicyclic) bond motifs is 1. The van der Waals surface area contributed by atoms with Crippen LogP contribution in [0.2, 0.25) is 0 Å². The summed E-state index contributed by atoms with van der Waals surface area (Å²) in [6, 6.07) is 12.0. The third kappa shape index (κ3) is 3.42. The zero-order chi connectivity index (χ0) is 17.1. The van der Waals surface area contributed by atoms with Gasteiger partial charge in [-0.05, 0) is 18.1 Å². The van der Waals surface area contributed by atoms with Gasteiger partial charge in [0.2, 0.25) is 0 Å². The number of aromatic nitrogens is 3. The molecule has 4 rings (SSSR count). The molecule has 6 nitrogen and oxygen atoms in total. The number of oxazole rings is 1. The van der Waals surface area contributed by atoms with E-state index < -0.39 is 0 Å². The molecule has 2 aromatic heterocycles. The van der Waals surface area contributed by atoms with E-state index in [1.165, 1.54) is 18.0 Å². The van der Waals surface area contributed by atoms with Gasteiger partial charge in [0.1, 0.15) is 11.5 Å². The number of amides is 1. The lowest BCUT2D eigenvalue weighted by Crippen LogP contribution is -2.35. The van der Waals surface area contributed by atoms with E-state index in [1.807, 2.05) is 18.2 Å². The summed E-state index contributed by atoms with van der Waals surface area (Å²) in [7, 11) is 0. The molecule has 3 heterocycles. The van der Waals surface area contributed by atoms with Crippen LogP contribution in [0.25, 0.3) is 0 Å². The monoisotopic (exact) mass is 334 g/mol. The van der Waals surface area contributed by atoms with Crippen molar-refractivity contribution in [1.82, 2.24) is 20.1 Å². The predicted molar refractivity (Wildman–Crippen MR) is 90.8 cm³/mol. The van der Waals surface area contributed by atoms with E-state index in [0.29, 0.717) is 25.1 Å². The van der Waals surface area contributed by atoms with Gasteiger partial charge in [-0.3, -0.25) is 4.79 Å². The van der Waals surface area contributed by atoms with Crippen LogP contribution >= 0.6 is 0 Å². The molecular formula is C19H18N4O2. The third-order valence-electron chi connectivity index (χ3n) is 4.36. The van der Waals surface area contributed by atoms with Crippen molar-refractivity contribution in [2.75, 3.05) is 6.54 Å². The van der Waals surface area contributed by atoms with E-state index in [1.54, 1.807) is 11.0 Å². The summed E-state index contributed by atoms with van der Waals surface area (Å²) in [5.74, 6) is 1.60. The molecule has 0 N–H and O–H groups in total. The molecule has 1 aliphatic rings. The van der Waals surface area contributed by atoms with Crippen molar-refractivity contribution in [3.05, 3.63) is 77.3 Å². The lowest BCUT2D eigenvalue weighted by molar-refractivity contribution is 0.0727. The Hall–Kier alpha value is -3.02. The van der Waals surface area contributed by atoms with Crippen molar-refractivity contribution in [1.29, 1.82) is 0 Å². The Morgan fingerprint density at radius 2 is 2.00 bits per heavy atom. The number of carbonyl (C=O) groups excluding carboxylic acids is 1. The van der Waals surface area contributed by atoms with Crippen molar-refractivity contribution in [2.45, 2.75) is 25.8 Å². The highest BCUT2D eigenvalue weighted by molar-refractivity contribution is 5.93. The summed E-state index contributed by atoms with van der Waals surface area (Å²) in [4.78, 5) is 18.9. The van der Waals surface area contributed by atoms with Crippen molar-refractivity contribution in [2.24, 2.45) is 0 Å². The van der Waals surface area contributed by atoms with E-state index in [4.69, 9.17) is 4.42 Å². The van der Waals surface area contributed by atoms with Crippen molar-refractivity contribution in [3.63, 3.8) is 0 Å². The first-order valence-electron chi connectivity index (χ1n) is 8.37. The number of hydrogen-bond acceptors (Lipinski definition) is 5. The minimum atomic E-state index is -0.0469. The molecule has 126 valence electrons. The summed E-state index contributed by atoms with van der Waals surface area (Å²) in [5, 5.41) is 7.48. The molecule has 0 fully saturated rings. The van der Waals surface area contributed by atoms with Crippen LogP contribution in [0, 0.1) is 0 Å². The van der Waals surface area contributed by atoms with E-state index in [9.17, 15) is 4.79 Å². The summed E-state index contributed by atoms with van der Waals surface area (Å²) in [6.07, 6.45) is 5.37. The molecule has 0 spiro atoms. The number of aryl methyl sites for hydroxylation is 2. The van der Waals surface area contributed by atoms with Crippen LogP contribution in [0.15, 0.2) is 53.2 Å². The highest BCUT2D eigenvalue weighted by Gasteiger charge is 2.26. The summed E-state index contributed by atoms with van der Waals surface area (Å²) in [6.45, 7) is 1.10. The Morgan fingerprint density at radius 3 is 2.80 bits per heavy atom. The van der Waals surface area contributed by atoms with E-state index >= 15 is 0 Å². The number of benzene rings is 1. The van der Waals surface area contributed by atoms with Gasteiger partial charge in [0.05, 0.1) is 24.5 Å². The number of hydrogen-bond donors (Lipinski definition) is 0. The second-order valence-electron chi connectivity index (χ2n) is 6.07. The summed E-state index contributed by atoms with van der Waals surface area (Å²) < 4.78 is 5.89. The molecule has 25 heavy (non-hydrogen) atoms. The number of nitrogens with zero attached hydrogens (tertiary/aromatic N) is 4. The Labute approximate surface area is 145 Å². The maximum Gasteiger partial charge on any atom is 0.255 e. The molecule has 6 heteroatoms. The van der Waals surface area contributed by atoms with Gasteiger partial charge in [0, 0.05) is 19.4 Å². The van der Waals surface area contributed by atoms with Gasteiger partial charge in [0.25, 0.3) is 5.91 Å². The van der Waals surface area contributed by atoms with Crippen LogP contribution in [0.3, 0.4) is 0 Å². The SMILES string of the molecule is O=C(c1ccnnc1)N1CCc2oc(CCc3ccccc3)nc2C1. The molecule has 1 aromatic carbocycles. The van der Waals surface area contributed by atoms with E-state index in [2.05, 4.69) is 27.3 Å². The molecule has 0 bridgehead atoms. The highest BCUT2D eigenvalue weighted by Crippen LogP contribution is 2.22. The van der Waals surface area contributed by atoms with Gasteiger partial charge in [-0.25, -0.2) is 4.98 Å². The maximum atomic E-state index is 12.5. The molecule has 0 unspecified atom stereocenters. The minimum absolute atomic E-state index is 0.0469. The Balaban J connectivity index is 1.43. The quantitative estimate of drug-likeness (QED) is 0.733. The van der Waals surface area contributed by atoms with Gasteiger partial charge in [-0.2, -0.15) is 10.2 Å². The number of rotatable bonds is 4. The molecular weight excluding hydrogens is 316 g/mol. The minimum Gasteiger partial charge on any atom is -0.445 e. The lowest BCUT2D eigenvalue weighted by atomic mass is 10.1. The molecule has 0 saturated carbocycles. The largest absolute Gasteiger partial charge is 0.445 e. The van der Waals surface area contributed by atoms with Crippen molar-refractivity contribution >= 4 is 5.91 Å². The van der Waals surface area contributed by atoms with Crippen molar-refractivity contribution in [3.8, 4) is 0 Å². The predicted octanol–water partition coefficient (Wildman–Crippen LogP) is 2.45. The lowest BCUT2D eigenvalue weighted by Gasteiger charge is -2.25. The van der Waals surface area contributed by atoms with E-state index in [-0.39, 0.29) is 5.91 Å². The van der Waals surface area contributed by atoms with Gasteiger partial charge >= 0.3 is 0 Å². The fourth-order valence-electron chi connectivity index (χ4n) is 3.03. The Bertz CT molecular complexity index is 862. The molecule has 0 saturated heterocycles. The summed E-state index contributed by atoms with van der Waals surface area (Å²) in [5.41, 5.74) is 2.68. The normalized spacial score (nSPS) is 13.5. The molecule has 1 amide bonds. The fraction of sp³-hybridized carbons (Fsp3) is 0.263. The van der Waals surface area contributed by atoms with E-state index in [0.717, 1.165) is 30.2 Å². The second kappa shape index (κ2) is 6.84. The first-order chi connectivity index (χ1) is 12.3. The average molecular weight is 334 g/mol. The second-order valence-corrected chi connectivity index (χ2v) is 6.07.